The Bertz CT molecular complexity index is 262. The molecule has 2 aliphatic rings. The molecule has 11 heavy (non-hydrogen) atoms. The zero-order chi connectivity index (χ0) is 7.56. The van der Waals surface area contributed by atoms with Gasteiger partial charge >= 0.3 is 23.9 Å². The third-order valence-electron chi connectivity index (χ3n) is 1.22. The zero-order valence-electron chi connectivity index (χ0n) is 5.73. The number of fused-ring (bicyclic) bond motifs is 1. The van der Waals surface area contributed by atoms with E-state index in [1.165, 1.54) is 11.1 Å². The second-order valence-corrected chi connectivity index (χ2v) is 2.29. The predicted molar refractivity (Wildman–Crippen MR) is 46.9 cm³/mol. The molecule has 5 heteroatoms. The SMILES string of the molecule is O=[SH](=O)O.[SnH2].c1cc2ccc1-2. The molecule has 0 heterocycles. The molecule has 2 radical (unpaired) electrons. The molecule has 60 valence electrons. The molecule has 0 saturated carbocycles. The molecule has 1 N–H and O–H groups in total. The van der Waals surface area contributed by atoms with Crippen LogP contribution in [0.2, 0.25) is 0 Å². The van der Waals surface area contributed by atoms with Crippen LogP contribution in [-0.4, -0.2) is 36.9 Å². The van der Waals surface area contributed by atoms with Gasteiger partial charge in [0.15, 0.2) is 0 Å². The minimum atomic E-state index is -3.12. The molecule has 2 aliphatic carbocycles. The van der Waals surface area contributed by atoms with Gasteiger partial charge in [-0.1, -0.05) is 24.3 Å². The number of benzene rings is 1. The first-order valence-corrected chi connectivity index (χ1v) is 3.77. The summed E-state index contributed by atoms with van der Waals surface area (Å²) < 4.78 is 24.2. The van der Waals surface area contributed by atoms with E-state index in [0.717, 1.165) is 0 Å². The summed E-state index contributed by atoms with van der Waals surface area (Å²) in [5, 5.41) is 0. The smallest absolute Gasteiger partial charge is 0.0184 e. The molecule has 0 amide bonds. The van der Waals surface area contributed by atoms with Crippen molar-refractivity contribution in [3.05, 3.63) is 24.3 Å². The molecular weight excluding hydrogens is 271 g/mol. The minimum Gasteiger partial charge on any atom is -0.0538 e. The average molecular weight is 279 g/mol. The van der Waals surface area contributed by atoms with Gasteiger partial charge in [-0.05, 0) is 11.1 Å². The van der Waals surface area contributed by atoms with Gasteiger partial charge in [-0.15, -0.1) is 0 Å². The largest absolute Gasteiger partial charge is 0.0538 e. The number of thiol groups is 1. The van der Waals surface area contributed by atoms with Gasteiger partial charge < -0.3 is 0 Å². The van der Waals surface area contributed by atoms with E-state index in [0.29, 0.717) is 0 Å². The van der Waals surface area contributed by atoms with Crippen LogP contribution in [0.5, 0.6) is 0 Å². The first kappa shape index (κ1) is 10.9. The quantitative estimate of drug-likeness (QED) is 0.399. The van der Waals surface area contributed by atoms with Gasteiger partial charge in [0, 0.05) is 0 Å². The van der Waals surface area contributed by atoms with Crippen LogP contribution in [0.4, 0.5) is 0 Å². The van der Waals surface area contributed by atoms with Crippen molar-refractivity contribution >= 4 is 34.9 Å². The molecule has 0 aromatic rings. The summed E-state index contributed by atoms with van der Waals surface area (Å²) in [4.78, 5) is 0. The summed E-state index contributed by atoms with van der Waals surface area (Å²) in [6.07, 6.45) is 0. The van der Waals surface area contributed by atoms with Crippen molar-refractivity contribution in [2.24, 2.45) is 0 Å². The van der Waals surface area contributed by atoms with Crippen LogP contribution in [0.25, 0.3) is 11.1 Å². The van der Waals surface area contributed by atoms with Crippen LogP contribution in [0.15, 0.2) is 24.3 Å². The summed E-state index contributed by atoms with van der Waals surface area (Å²) >= 11 is 0. The average Bonchev–Trinajstić information content (AvgIpc) is 1.77. The van der Waals surface area contributed by atoms with Gasteiger partial charge in [0.05, 0.1) is 0 Å². The van der Waals surface area contributed by atoms with Crippen LogP contribution in [0.3, 0.4) is 0 Å². The van der Waals surface area contributed by atoms with Crippen molar-refractivity contribution in [2.75, 3.05) is 0 Å². The topological polar surface area (TPSA) is 54.4 Å². The molecule has 0 atom stereocenters. The summed E-state index contributed by atoms with van der Waals surface area (Å²) in [6, 6.07) is 8.48. The second-order valence-electron chi connectivity index (χ2n) is 1.82. The van der Waals surface area contributed by atoms with Gasteiger partial charge in [0.25, 0.3) is 11.0 Å². The van der Waals surface area contributed by atoms with E-state index in [9.17, 15) is 0 Å². The minimum absolute atomic E-state index is 0. The molecule has 0 aromatic carbocycles. The van der Waals surface area contributed by atoms with Gasteiger partial charge in [0.1, 0.15) is 0 Å². The Morgan fingerprint density at radius 1 is 1.00 bits per heavy atom. The summed E-state index contributed by atoms with van der Waals surface area (Å²) in [6.45, 7) is 0. The van der Waals surface area contributed by atoms with Gasteiger partial charge in [-0.3, -0.25) is 4.55 Å². The maximum Gasteiger partial charge on any atom is -0.0184 e. The molecule has 0 unspecified atom stereocenters. The van der Waals surface area contributed by atoms with Crippen LogP contribution >= 0.6 is 0 Å². The Morgan fingerprint density at radius 3 is 1.18 bits per heavy atom. The first-order valence-electron chi connectivity index (χ1n) is 2.64. The third-order valence-corrected chi connectivity index (χ3v) is 1.22. The molecule has 0 fully saturated rings. The van der Waals surface area contributed by atoms with Crippen LogP contribution in [0.1, 0.15) is 0 Å². The van der Waals surface area contributed by atoms with Crippen molar-refractivity contribution in [1.82, 2.24) is 0 Å². The fourth-order valence-electron chi connectivity index (χ4n) is 0.663. The van der Waals surface area contributed by atoms with Crippen LogP contribution in [-0.2, 0) is 11.0 Å². The van der Waals surface area contributed by atoms with E-state index < -0.39 is 11.0 Å². The van der Waals surface area contributed by atoms with Crippen molar-refractivity contribution in [3.63, 3.8) is 0 Å². The predicted octanol–water partition coefficient (Wildman–Crippen LogP) is -0.178. The van der Waals surface area contributed by atoms with E-state index in [2.05, 4.69) is 24.3 Å². The number of hydrogen-bond donors (Lipinski definition) is 2. The van der Waals surface area contributed by atoms with Gasteiger partial charge in [-0.2, -0.15) is 0 Å². The van der Waals surface area contributed by atoms with Gasteiger partial charge in [-0.25, -0.2) is 8.42 Å². The Kier molecular flexibility index (Phi) is 4.70. The molecule has 0 saturated heterocycles. The zero-order valence-corrected chi connectivity index (χ0v) is 10.7. The normalized spacial score (nSPS) is 9.27. The first-order chi connectivity index (χ1) is 4.70. The van der Waals surface area contributed by atoms with Crippen molar-refractivity contribution in [1.29, 1.82) is 0 Å². The van der Waals surface area contributed by atoms with Crippen LogP contribution < -0.4 is 0 Å². The summed E-state index contributed by atoms with van der Waals surface area (Å²) in [7, 11) is -3.12. The monoisotopic (exact) mass is 280 g/mol. The van der Waals surface area contributed by atoms with Crippen molar-refractivity contribution in [2.45, 2.75) is 0 Å². The van der Waals surface area contributed by atoms with E-state index >= 15 is 0 Å². The van der Waals surface area contributed by atoms with Gasteiger partial charge in [0.2, 0.25) is 0 Å². The van der Waals surface area contributed by atoms with Crippen molar-refractivity contribution < 1.29 is 13.0 Å². The number of hydrogen-bond acceptors (Lipinski definition) is 2. The van der Waals surface area contributed by atoms with E-state index in [1.807, 2.05) is 0 Å². The second kappa shape index (κ2) is 4.74. The summed E-state index contributed by atoms with van der Waals surface area (Å²) in [5.74, 6) is 0. The molecule has 2 rings (SSSR count). The molecule has 0 spiro atoms. The molecule has 0 bridgehead atoms. The number of rotatable bonds is 0. The Hall–Kier alpha value is -0.0713. The molecule has 3 nitrogen and oxygen atoms in total. The van der Waals surface area contributed by atoms with Crippen molar-refractivity contribution in [3.8, 4) is 11.1 Å². The Morgan fingerprint density at radius 2 is 1.18 bits per heavy atom. The maximum absolute atomic E-state index is 8.59. The fourth-order valence-corrected chi connectivity index (χ4v) is 0.663. The Labute approximate surface area is 83.2 Å². The Balaban J connectivity index is 0.000000183. The summed E-state index contributed by atoms with van der Waals surface area (Å²) in [5.41, 5.74) is 2.85. The third kappa shape index (κ3) is 3.22. The molecular formula is C6H8O3SSn. The van der Waals surface area contributed by atoms with E-state index in [-0.39, 0.29) is 23.9 Å². The van der Waals surface area contributed by atoms with Crippen LogP contribution in [0, 0.1) is 0 Å². The standard InChI is InChI=1S/C6H4.H2O3S.Sn.2H/c1-2-6-4-3-5(1)6;1-4(2)3;;;/h1-4H;4H,(H,1,2,3);;;. The van der Waals surface area contributed by atoms with E-state index in [1.54, 1.807) is 0 Å². The molecule has 0 aromatic heterocycles. The van der Waals surface area contributed by atoms with E-state index in [4.69, 9.17) is 13.0 Å². The molecule has 0 aliphatic heterocycles. The maximum atomic E-state index is 8.59. The fraction of sp³-hybridized carbons (Fsp3) is 0.